The van der Waals surface area contributed by atoms with Gasteiger partial charge in [0.2, 0.25) is 5.91 Å². The van der Waals surface area contributed by atoms with Gasteiger partial charge in [0, 0.05) is 44.5 Å². The van der Waals surface area contributed by atoms with E-state index in [9.17, 15) is 35.1 Å². The van der Waals surface area contributed by atoms with Gasteiger partial charge in [0.1, 0.15) is 53.2 Å². The number of likely N-dealkylation sites (N-methyl/N-ethyl adjacent to an activating group) is 1. The summed E-state index contributed by atoms with van der Waals surface area (Å²) in [7, 11) is 3.08. The SMILES string of the molecule is CC[C@H]1OC(=O)[C@H](C)[C@@H](O[C@H]2C[C@@](C)(OC)[C@@H](O)[C@H](C)O2)[C@H](C)[C@@H](O[C@@H]2O[C@H](C)C[C@H](N(C)C)[C@H]2O)[C@](C)(O)C[C@@H](C)CN(C(=O)CCCCCCC[P+](c2cc(C)cc(C)c2)(c2cc(C)cc(C)c2)c2cnn(C(C)C)c2)[C@H](C)[C@@H](O)[C@]1(C)O.[Cl-]. The third-order valence-electron chi connectivity index (χ3n) is 19.0. The van der Waals surface area contributed by atoms with E-state index in [4.69, 9.17) is 33.5 Å². The summed E-state index contributed by atoms with van der Waals surface area (Å²) in [5, 5.41) is 69.8. The summed E-state index contributed by atoms with van der Waals surface area (Å²) in [6, 6.07) is 12.9. The highest BCUT2D eigenvalue weighted by atomic mass is 35.5. The van der Waals surface area contributed by atoms with Crippen LogP contribution in [0.15, 0.2) is 48.8 Å². The molecule has 0 saturated carbocycles. The number of aryl methyl sites for hydroxylation is 4. The highest BCUT2D eigenvalue weighted by Gasteiger charge is 2.54. The summed E-state index contributed by atoms with van der Waals surface area (Å²) in [6.45, 7) is 30.5. The number of aromatic nitrogens is 2. The first-order valence-electron chi connectivity index (χ1n) is 31.6. The van der Waals surface area contributed by atoms with Crippen molar-refractivity contribution in [2.24, 2.45) is 17.8 Å². The molecule has 6 rings (SSSR count). The van der Waals surface area contributed by atoms with E-state index < -0.39 is 109 Å². The zero-order valence-corrected chi connectivity index (χ0v) is 57.1. The molecule has 0 spiro atoms. The van der Waals surface area contributed by atoms with E-state index in [0.717, 1.165) is 31.8 Å². The van der Waals surface area contributed by atoms with Crippen molar-refractivity contribution in [1.29, 1.82) is 0 Å². The fourth-order valence-corrected chi connectivity index (χ4v) is 18.7. The number of halogens is 1. The number of esters is 1. The summed E-state index contributed by atoms with van der Waals surface area (Å²) >= 11 is 0. The van der Waals surface area contributed by atoms with Crippen LogP contribution < -0.4 is 28.3 Å². The summed E-state index contributed by atoms with van der Waals surface area (Å²) in [5.41, 5.74) is 0.102. The van der Waals surface area contributed by atoms with Gasteiger partial charge in [-0.05, 0) is 195 Å². The lowest BCUT2D eigenvalue weighted by Crippen LogP contribution is -3.00. The molecule has 18 atom stereocenters. The lowest BCUT2D eigenvalue weighted by Gasteiger charge is -2.48. The van der Waals surface area contributed by atoms with E-state index in [1.165, 1.54) is 52.2 Å². The Labute approximate surface area is 522 Å². The molecule has 17 nitrogen and oxygen atoms in total. The van der Waals surface area contributed by atoms with Crippen LogP contribution in [0.3, 0.4) is 0 Å². The molecular weight excluding hydrogens is 1140 g/mol. The number of hydrogen-bond donors (Lipinski definition) is 5. The highest BCUT2D eigenvalue weighted by molar-refractivity contribution is 7.95. The largest absolute Gasteiger partial charge is 1.00 e. The first kappa shape index (κ1) is 73.6. The minimum absolute atomic E-state index is 0. The average molecular weight is 1250 g/mol. The Bertz CT molecular complexity index is 2560. The Morgan fingerprint density at radius 3 is 1.92 bits per heavy atom. The molecule has 0 aliphatic carbocycles. The highest BCUT2D eigenvalue weighted by Crippen LogP contribution is 2.57. The first-order chi connectivity index (χ1) is 39.7. The second-order valence-electron chi connectivity index (χ2n) is 27.3. The Morgan fingerprint density at radius 1 is 0.814 bits per heavy atom. The number of carbonyl (C=O) groups excluding carboxylic acids is 2. The molecule has 2 aromatic carbocycles. The van der Waals surface area contributed by atoms with Gasteiger partial charge < -0.3 is 76.2 Å². The van der Waals surface area contributed by atoms with Gasteiger partial charge in [0.15, 0.2) is 12.6 Å². The minimum atomic E-state index is -2.18. The first-order valence-corrected chi connectivity index (χ1v) is 33.6. The normalized spacial score (nSPS) is 34.6. The topological polar surface area (TPSA) is 215 Å². The van der Waals surface area contributed by atoms with Gasteiger partial charge in [-0.25, -0.2) is 0 Å². The van der Waals surface area contributed by atoms with Crippen LogP contribution in [0, 0.1) is 45.4 Å². The summed E-state index contributed by atoms with van der Waals surface area (Å²) < 4.78 is 40.5. The smallest absolute Gasteiger partial charge is 0.311 e. The summed E-state index contributed by atoms with van der Waals surface area (Å²) in [6.07, 6.45) is 0.0969. The molecule has 3 fully saturated rings. The van der Waals surface area contributed by atoms with Crippen LogP contribution >= 0.6 is 7.26 Å². The van der Waals surface area contributed by atoms with Crippen LogP contribution in [0.5, 0.6) is 0 Å². The van der Waals surface area contributed by atoms with Crippen LogP contribution in [0.2, 0.25) is 0 Å². The monoisotopic (exact) mass is 1240 g/mol. The number of unbranched alkanes of at least 4 members (excludes halogenated alkanes) is 4. The molecule has 1 amide bonds. The van der Waals surface area contributed by atoms with Gasteiger partial charge in [-0.3, -0.25) is 14.3 Å². The minimum Gasteiger partial charge on any atom is -1.00 e. The van der Waals surface area contributed by atoms with Crippen molar-refractivity contribution in [1.82, 2.24) is 19.6 Å². The molecular formula is C67H110ClN4O13P. The van der Waals surface area contributed by atoms with Crippen molar-refractivity contribution in [3.05, 3.63) is 71.0 Å². The number of rotatable bonds is 19. The number of nitrogens with zero attached hydrogens (tertiary/aromatic N) is 4. The van der Waals surface area contributed by atoms with Gasteiger partial charge in [-0.1, -0.05) is 45.7 Å². The van der Waals surface area contributed by atoms with Crippen molar-refractivity contribution >= 4 is 35.1 Å². The average Bonchev–Trinajstić information content (AvgIpc) is 1.33. The van der Waals surface area contributed by atoms with Crippen molar-refractivity contribution in [2.45, 2.75) is 271 Å². The van der Waals surface area contributed by atoms with E-state index in [-0.39, 0.29) is 68.7 Å². The van der Waals surface area contributed by atoms with Crippen molar-refractivity contribution in [3.8, 4) is 0 Å². The molecule has 0 radical (unpaired) electrons. The predicted molar refractivity (Wildman–Crippen MR) is 336 cm³/mol. The van der Waals surface area contributed by atoms with E-state index in [0.29, 0.717) is 12.8 Å². The van der Waals surface area contributed by atoms with E-state index >= 15 is 0 Å². The second kappa shape index (κ2) is 30.8. The zero-order valence-electron chi connectivity index (χ0n) is 55.5. The fraction of sp³-hybridized carbons (Fsp3) is 0.746. The Morgan fingerprint density at radius 2 is 1.38 bits per heavy atom. The zero-order chi connectivity index (χ0) is 63.3. The molecule has 5 N–H and O–H groups in total. The Balaban J connectivity index is 0.0000135. The van der Waals surface area contributed by atoms with Crippen LogP contribution in [-0.4, -0.2) is 181 Å². The molecule has 3 aromatic rings. The number of cyclic esters (lactones) is 1. The Kier molecular flexibility index (Phi) is 26.4. The molecule has 4 heterocycles. The number of aliphatic hydroxyl groups is 5. The summed E-state index contributed by atoms with van der Waals surface area (Å²) in [4.78, 5) is 33.2. The molecule has 3 aliphatic rings. The van der Waals surface area contributed by atoms with Crippen LogP contribution in [-0.2, 0) is 38.0 Å². The van der Waals surface area contributed by atoms with Crippen molar-refractivity contribution in [3.63, 3.8) is 0 Å². The van der Waals surface area contributed by atoms with Crippen LogP contribution in [0.1, 0.15) is 176 Å². The number of aliphatic hydroxyl groups excluding tert-OH is 3. The number of benzene rings is 2. The second-order valence-corrected chi connectivity index (χ2v) is 30.9. The number of carbonyl (C=O) groups is 2. The van der Waals surface area contributed by atoms with Gasteiger partial charge in [-0.15, -0.1) is 0 Å². The van der Waals surface area contributed by atoms with Crippen LogP contribution in [0.25, 0.3) is 0 Å². The van der Waals surface area contributed by atoms with Crippen LogP contribution in [0.4, 0.5) is 0 Å². The number of methoxy groups -OCH3 is 1. The maximum Gasteiger partial charge on any atom is 0.311 e. The molecule has 1 aromatic heterocycles. The summed E-state index contributed by atoms with van der Waals surface area (Å²) in [5.74, 6) is -3.35. The number of amides is 1. The van der Waals surface area contributed by atoms with E-state index in [2.05, 4.69) is 95.0 Å². The third kappa shape index (κ3) is 17.1. The number of hydrogen-bond acceptors (Lipinski definition) is 15. The Hall–Kier alpha value is -3.13. The lowest BCUT2D eigenvalue weighted by atomic mass is 9.77. The van der Waals surface area contributed by atoms with Gasteiger partial charge in [-0.2, -0.15) is 5.10 Å². The van der Waals surface area contributed by atoms with E-state index in [1.54, 1.807) is 53.4 Å². The molecule has 3 aliphatic heterocycles. The lowest BCUT2D eigenvalue weighted by molar-refractivity contribution is -0.318. The van der Waals surface area contributed by atoms with Gasteiger partial charge in [0.25, 0.3) is 0 Å². The molecule has 19 heteroatoms. The van der Waals surface area contributed by atoms with Gasteiger partial charge in [0.05, 0.1) is 66.1 Å². The predicted octanol–water partition coefficient (Wildman–Crippen LogP) is 5.15. The molecule has 3 saturated heterocycles. The standard InChI is InChI=1S/C67H110N4O13P.ClH/c1-20-55-67(16,78)60(74)49(12)70(56(72)26-24-22-21-23-25-27-85(51-30-41(4)28-42(5)31-51,52-32-43(6)29-44(7)33-52)53-37-68-71(39-53)40(2)3)38-45(8)35-65(14,77)62(84-64-58(73)54(69(17)18)34-46(9)80-64)47(10)59(48(11)63(76)82-55)83-57-36-66(15,79-19)61(75)50(13)81-57;/h28-33,37,39-40,45-50,54-55,57-62,64,73-75,77-78H,20-27,34-36,38H2,1-19H3;1H/q+1;/p-1/t45-,46-,47+,48-,49-,50+,54+,55-,57+,58-,59+,60-,61+,62-,64+,65-,66-,67-;/m1./s1. The number of ether oxygens (including phenoxy) is 6. The maximum absolute atomic E-state index is 14.9. The quantitative estimate of drug-likeness (QED) is 0.0597. The van der Waals surface area contributed by atoms with E-state index in [1.807, 2.05) is 32.8 Å². The van der Waals surface area contributed by atoms with Gasteiger partial charge >= 0.3 is 5.97 Å². The molecule has 86 heavy (non-hydrogen) atoms. The maximum atomic E-state index is 14.9. The van der Waals surface area contributed by atoms with Crippen molar-refractivity contribution < 1.29 is 75.9 Å². The third-order valence-corrected chi connectivity index (χ3v) is 23.3. The van der Waals surface area contributed by atoms with Crippen molar-refractivity contribution in [2.75, 3.05) is 33.9 Å². The molecule has 488 valence electrons. The molecule has 0 unspecified atom stereocenters. The fourth-order valence-electron chi connectivity index (χ4n) is 14.1. The molecule has 0 bridgehead atoms.